The van der Waals surface area contributed by atoms with E-state index in [0.717, 1.165) is 16.0 Å². The summed E-state index contributed by atoms with van der Waals surface area (Å²) in [4.78, 5) is 32.4. The van der Waals surface area contributed by atoms with E-state index in [9.17, 15) is 9.59 Å². The quantitative estimate of drug-likeness (QED) is 0.550. The van der Waals surface area contributed by atoms with Gasteiger partial charge < -0.3 is 14.2 Å². The van der Waals surface area contributed by atoms with E-state index in [1.165, 1.54) is 22.7 Å². The summed E-state index contributed by atoms with van der Waals surface area (Å²) in [5.41, 5.74) is 2.60. The molecular formula is C23H20N2O5S2. The fraction of sp³-hybridized carbons (Fsp3) is 0.261. The summed E-state index contributed by atoms with van der Waals surface area (Å²) in [6.45, 7) is 5.95. The number of carbonyl (C=O) groups excluding carboxylic acids is 1. The van der Waals surface area contributed by atoms with Crippen molar-refractivity contribution in [2.75, 3.05) is 13.4 Å². The van der Waals surface area contributed by atoms with Crippen LogP contribution >= 0.6 is 22.7 Å². The second kappa shape index (κ2) is 8.07. The van der Waals surface area contributed by atoms with Gasteiger partial charge in [-0.25, -0.2) is 9.79 Å². The van der Waals surface area contributed by atoms with Crippen molar-refractivity contribution >= 4 is 34.7 Å². The van der Waals surface area contributed by atoms with Crippen LogP contribution in [0.4, 0.5) is 0 Å². The standard InChI is InChI=1S/C23H20N2O5S2/c1-4-28-22(27)19-13(3)24-23-25(20(19)17-6-5-7-31-17)21(26)18(32-23)10-14-9-16-15(8-12(14)2)29-11-30-16/h5-10,20H,4,11H2,1-3H3. The lowest BCUT2D eigenvalue weighted by Crippen LogP contribution is -2.39. The Morgan fingerprint density at radius 3 is 2.81 bits per heavy atom. The fourth-order valence-corrected chi connectivity index (χ4v) is 5.72. The molecular weight excluding hydrogens is 448 g/mol. The Morgan fingerprint density at radius 1 is 1.31 bits per heavy atom. The van der Waals surface area contributed by atoms with Crippen LogP contribution in [0.1, 0.15) is 35.9 Å². The van der Waals surface area contributed by atoms with Crippen molar-refractivity contribution in [1.82, 2.24) is 4.57 Å². The van der Waals surface area contributed by atoms with E-state index in [4.69, 9.17) is 14.2 Å². The molecule has 0 aliphatic carbocycles. The number of hydrogen-bond donors (Lipinski definition) is 0. The average molecular weight is 469 g/mol. The second-order valence-corrected chi connectivity index (χ2v) is 9.37. The first kappa shape index (κ1) is 20.7. The summed E-state index contributed by atoms with van der Waals surface area (Å²) in [6.07, 6.45) is 1.84. The van der Waals surface area contributed by atoms with Crippen LogP contribution < -0.4 is 24.4 Å². The van der Waals surface area contributed by atoms with Crippen molar-refractivity contribution in [1.29, 1.82) is 0 Å². The van der Waals surface area contributed by atoms with Gasteiger partial charge in [0.2, 0.25) is 6.79 Å². The minimum Gasteiger partial charge on any atom is -0.463 e. The zero-order chi connectivity index (χ0) is 22.4. The summed E-state index contributed by atoms with van der Waals surface area (Å²) in [6, 6.07) is 7.05. The lowest BCUT2D eigenvalue weighted by molar-refractivity contribution is -0.139. The number of allylic oxidation sites excluding steroid dienone is 1. The Morgan fingerprint density at radius 2 is 2.09 bits per heavy atom. The highest BCUT2D eigenvalue weighted by Gasteiger charge is 2.33. The number of esters is 1. The van der Waals surface area contributed by atoms with Gasteiger partial charge >= 0.3 is 5.97 Å². The third-order valence-corrected chi connectivity index (χ3v) is 7.29. The van der Waals surface area contributed by atoms with Crippen LogP contribution in [0.3, 0.4) is 0 Å². The Labute approximate surface area is 191 Å². The molecule has 0 fully saturated rings. The van der Waals surface area contributed by atoms with Gasteiger partial charge in [0.05, 0.1) is 22.4 Å². The van der Waals surface area contributed by atoms with Gasteiger partial charge in [0.25, 0.3) is 5.56 Å². The smallest absolute Gasteiger partial charge is 0.338 e. The molecule has 2 aromatic heterocycles. The molecule has 1 unspecified atom stereocenters. The molecule has 1 aromatic carbocycles. The van der Waals surface area contributed by atoms with Crippen molar-refractivity contribution in [2.24, 2.45) is 4.99 Å². The number of rotatable bonds is 4. The number of aromatic nitrogens is 1. The molecule has 4 heterocycles. The largest absolute Gasteiger partial charge is 0.463 e. The number of benzene rings is 1. The number of thiophene rings is 1. The molecule has 0 saturated carbocycles. The van der Waals surface area contributed by atoms with Crippen LogP contribution in [0.15, 0.2) is 50.7 Å². The molecule has 2 aliphatic heterocycles. The molecule has 0 bridgehead atoms. The van der Waals surface area contributed by atoms with E-state index in [0.29, 0.717) is 32.1 Å². The van der Waals surface area contributed by atoms with Gasteiger partial charge in [-0.05, 0) is 61.6 Å². The highest BCUT2D eigenvalue weighted by Crippen LogP contribution is 2.35. The first-order valence-corrected chi connectivity index (χ1v) is 11.8. The lowest BCUT2D eigenvalue weighted by atomic mass is 10.0. The highest BCUT2D eigenvalue weighted by molar-refractivity contribution is 7.10. The molecule has 3 aromatic rings. The minimum absolute atomic E-state index is 0.192. The maximum absolute atomic E-state index is 13.6. The molecule has 1 atom stereocenters. The third-order valence-electron chi connectivity index (χ3n) is 5.38. The number of nitrogens with zero attached hydrogens (tertiary/aromatic N) is 2. The summed E-state index contributed by atoms with van der Waals surface area (Å²) in [5, 5.41) is 1.93. The van der Waals surface area contributed by atoms with Gasteiger partial charge in [0, 0.05) is 4.88 Å². The van der Waals surface area contributed by atoms with Crippen molar-refractivity contribution in [3.63, 3.8) is 0 Å². The van der Waals surface area contributed by atoms with Crippen molar-refractivity contribution in [2.45, 2.75) is 26.8 Å². The summed E-state index contributed by atoms with van der Waals surface area (Å²) in [7, 11) is 0. The maximum Gasteiger partial charge on any atom is 0.338 e. The molecule has 2 aliphatic rings. The number of thiazole rings is 1. The van der Waals surface area contributed by atoms with Crippen molar-refractivity contribution < 1.29 is 19.0 Å². The molecule has 0 N–H and O–H groups in total. The number of ether oxygens (including phenoxy) is 3. The zero-order valence-electron chi connectivity index (χ0n) is 17.7. The van der Waals surface area contributed by atoms with Gasteiger partial charge in [-0.1, -0.05) is 17.4 Å². The first-order valence-electron chi connectivity index (χ1n) is 10.1. The average Bonchev–Trinajstić information content (AvgIpc) is 3.49. The van der Waals surface area contributed by atoms with Crippen LogP contribution in [0.5, 0.6) is 11.5 Å². The molecule has 9 heteroatoms. The predicted molar refractivity (Wildman–Crippen MR) is 122 cm³/mol. The van der Waals surface area contributed by atoms with E-state index in [-0.39, 0.29) is 19.0 Å². The van der Waals surface area contributed by atoms with E-state index >= 15 is 0 Å². The van der Waals surface area contributed by atoms with Gasteiger partial charge in [-0.3, -0.25) is 9.36 Å². The summed E-state index contributed by atoms with van der Waals surface area (Å²) < 4.78 is 18.4. The molecule has 0 spiro atoms. The maximum atomic E-state index is 13.6. The Balaban J connectivity index is 1.70. The second-order valence-electron chi connectivity index (χ2n) is 7.38. The number of aryl methyl sites for hydroxylation is 1. The normalized spacial score (nSPS) is 17.3. The van der Waals surface area contributed by atoms with Crippen LogP contribution in [0.25, 0.3) is 6.08 Å². The van der Waals surface area contributed by atoms with Gasteiger partial charge in [-0.15, -0.1) is 11.3 Å². The fourth-order valence-electron chi connectivity index (χ4n) is 3.86. The number of carbonyl (C=O) groups is 1. The third kappa shape index (κ3) is 3.37. The van der Waals surface area contributed by atoms with E-state index in [2.05, 4.69) is 4.99 Å². The number of hydrogen-bond acceptors (Lipinski definition) is 8. The molecule has 32 heavy (non-hydrogen) atoms. The first-order chi connectivity index (χ1) is 15.5. The van der Waals surface area contributed by atoms with Gasteiger partial charge in [-0.2, -0.15) is 0 Å². The van der Waals surface area contributed by atoms with E-state index in [1.807, 2.05) is 42.6 Å². The van der Waals surface area contributed by atoms with Crippen LogP contribution in [0, 0.1) is 6.92 Å². The molecule has 7 nitrogen and oxygen atoms in total. The SMILES string of the molecule is CCOC(=O)C1=C(C)N=c2sc(=Cc3cc4c(cc3C)OCO4)c(=O)n2C1c1cccs1. The van der Waals surface area contributed by atoms with Gasteiger partial charge in [0.1, 0.15) is 6.04 Å². The minimum atomic E-state index is -0.565. The van der Waals surface area contributed by atoms with Crippen molar-refractivity contribution in [3.8, 4) is 11.5 Å². The lowest BCUT2D eigenvalue weighted by Gasteiger charge is -2.23. The molecule has 0 saturated heterocycles. The Kier molecular flexibility index (Phi) is 5.22. The Bertz CT molecular complexity index is 1430. The molecule has 0 radical (unpaired) electrons. The van der Waals surface area contributed by atoms with Crippen LogP contribution in [-0.4, -0.2) is 23.9 Å². The van der Waals surface area contributed by atoms with Gasteiger partial charge in [0.15, 0.2) is 16.3 Å². The topological polar surface area (TPSA) is 79.1 Å². The zero-order valence-corrected chi connectivity index (χ0v) is 19.3. The molecule has 0 amide bonds. The predicted octanol–water partition coefficient (Wildman–Crippen LogP) is 2.90. The molecule has 164 valence electrons. The van der Waals surface area contributed by atoms with E-state index < -0.39 is 12.0 Å². The van der Waals surface area contributed by atoms with E-state index in [1.54, 1.807) is 18.4 Å². The van der Waals surface area contributed by atoms with Crippen molar-refractivity contribution in [3.05, 3.63) is 76.6 Å². The molecule has 5 rings (SSSR count). The monoisotopic (exact) mass is 468 g/mol. The summed E-state index contributed by atoms with van der Waals surface area (Å²) in [5.74, 6) is 0.910. The summed E-state index contributed by atoms with van der Waals surface area (Å²) >= 11 is 2.80. The Hall–Kier alpha value is -3.17. The highest BCUT2D eigenvalue weighted by atomic mass is 32.1. The van der Waals surface area contributed by atoms with Crippen LogP contribution in [-0.2, 0) is 9.53 Å². The number of fused-ring (bicyclic) bond motifs is 2. The van der Waals surface area contributed by atoms with Crippen LogP contribution in [0.2, 0.25) is 0 Å².